The van der Waals surface area contributed by atoms with Crippen LogP contribution in [-0.2, 0) is 13.5 Å². The molecule has 2 N–H and O–H groups in total. The number of carbonyl (C=O) groups is 1. The van der Waals surface area contributed by atoms with Crippen LogP contribution < -0.4 is 5.32 Å². The number of amides is 1. The minimum atomic E-state index is -0.336. The predicted octanol–water partition coefficient (Wildman–Crippen LogP) is 0.743. The van der Waals surface area contributed by atoms with Crippen molar-refractivity contribution < 1.29 is 4.79 Å². The molecule has 2 heterocycles. The molecule has 0 aliphatic rings. The Bertz CT molecular complexity index is 514. The highest BCUT2D eigenvalue weighted by atomic mass is 16.2. The van der Waals surface area contributed by atoms with E-state index in [2.05, 4.69) is 25.6 Å². The number of anilines is 1. The Morgan fingerprint density at radius 1 is 1.59 bits per heavy atom. The molecule has 0 spiro atoms. The summed E-state index contributed by atoms with van der Waals surface area (Å²) in [5.74, 6) is 0.540. The lowest BCUT2D eigenvalue weighted by atomic mass is 10.3. The van der Waals surface area contributed by atoms with Gasteiger partial charge in [0.1, 0.15) is 5.82 Å². The van der Waals surface area contributed by atoms with Crippen LogP contribution in [0.4, 0.5) is 5.69 Å². The van der Waals surface area contributed by atoms with Crippen LogP contribution in [0.25, 0.3) is 0 Å². The third-order valence-corrected chi connectivity index (χ3v) is 2.18. The maximum Gasteiger partial charge on any atom is 0.295 e. The van der Waals surface area contributed by atoms with Crippen molar-refractivity contribution in [3.05, 3.63) is 24.0 Å². The van der Waals surface area contributed by atoms with Gasteiger partial charge in [0.25, 0.3) is 5.91 Å². The smallest absolute Gasteiger partial charge is 0.295 e. The Kier molecular flexibility index (Phi) is 3.17. The Balaban J connectivity index is 2.03. The van der Waals surface area contributed by atoms with Gasteiger partial charge in [0.15, 0.2) is 0 Å². The lowest BCUT2D eigenvalue weighted by Crippen LogP contribution is -2.13. The molecular weight excluding hydrogens is 220 g/mol. The van der Waals surface area contributed by atoms with Crippen molar-refractivity contribution in [2.75, 3.05) is 5.32 Å². The average Bonchev–Trinajstić information content (AvgIpc) is 2.88. The van der Waals surface area contributed by atoms with Crippen LogP contribution in [-0.4, -0.2) is 30.9 Å². The van der Waals surface area contributed by atoms with Gasteiger partial charge in [0.2, 0.25) is 5.82 Å². The van der Waals surface area contributed by atoms with Gasteiger partial charge in [0, 0.05) is 19.7 Å². The molecule has 2 rings (SSSR count). The van der Waals surface area contributed by atoms with Crippen molar-refractivity contribution in [1.29, 1.82) is 0 Å². The second-order valence-electron chi connectivity index (χ2n) is 3.71. The molecule has 0 fully saturated rings. The van der Waals surface area contributed by atoms with Gasteiger partial charge in [-0.25, -0.2) is 4.98 Å². The SMILES string of the molecule is CCCc1nc(C(=O)Nc2cnn(C)c2)n[nH]1. The molecule has 0 radical (unpaired) electrons. The first kappa shape index (κ1) is 11.3. The average molecular weight is 234 g/mol. The second-order valence-corrected chi connectivity index (χ2v) is 3.71. The van der Waals surface area contributed by atoms with E-state index in [0.29, 0.717) is 5.69 Å². The molecule has 90 valence electrons. The van der Waals surface area contributed by atoms with Crippen molar-refractivity contribution in [1.82, 2.24) is 25.0 Å². The standard InChI is InChI=1S/C10H14N6O/c1-3-4-8-13-9(15-14-8)10(17)12-7-5-11-16(2)6-7/h5-6H,3-4H2,1-2H3,(H,12,17)(H,13,14,15). The number of aromatic amines is 1. The zero-order chi connectivity index (χ0) is 12.3. The Hall–Kier alpha value is -2.18. The maximum absolute atomic E-state index is 11.7. The molecular formula is C10H14N6O. The maximum atomic E-state index is 11.7. The van der Waals surface area contributed by atoms with Crippen molar-refractivity contribution in [2.24, 2.45) is 7.05 Å². The summed E-state index contributed by atoms with van der Waals surface area (Å²) >= 11 is 0. The predicted molar refractivity (Wildman–Crippen MR) is 61.5 cm³/mol. The molecule has 1 amide bonds. The quantitative estimate of drug-likeness (QED) is 0.816. The van der Waals surface area contributed by atoms with E-state index in [1.807, 2.05) is 6.92 Å². The summed E-state index contributed by atoms with van der Waals surface area (Å²) in [6, 6.07) is 0. The Labute approximate surface area is 98.2 Å². The van der Waals surface area contributed by atoms with Crippen LogP contribution in [0, 0.1) is 0 Å². The van der Waals surface area contributed by atoms with Crippen molar-refractivity contribution in [3.8, 4) is 0 Å². The van der Waals surface area contributed by atoms with Crippen LogP contribution in [0.1, 0.15) is 29.8 Å². The van der Waals surface area contributed by atoms with Crippen molar-refractivity contribution >= 4 is 11.6 Å². The number of hydrogen-bond donors (Lipinski definition) is 2. The van der Waals surface area contributed by atoms with Gasteiger partial charge in [-0.2, -0.15) is 5.10 Å². The Morgan fingerprint density at radius 3 is 3.06 bits per heavy atom. The number of nitrogens with one attached hydrogen (secondary N) is 2. The number of H-pyrrole nitrogens is 1. The third-order valence-electron chi connectivity index (χ3n) is 2.18. The number of aromatic nitrogens is 5. The van der Waals surface area contributed by atoms with Crippen LogP contribution in [0.5, 0.6) is 0 Å². The van der Waals surface area contributed by atoms with E-state index < -0.39 is 0 Å². The second kappa shape index (κ2) is 4.77. The van der Waals surface area contributed by atoms with E-state index in [-0.39, 0.29) is 11.7 Å². The van der Waals surface area contributed by atoms with E-state index in [1.54, 1.807) is 24.1 Å². The molecule has 17 heavy (non-hydrogen) atoms. The highest BCUT2D eigenvalue weighted by Gasteiger charge is 2.12. The topological polar surface area (TPSA) is 88.5 Å². The van der Waals surface area contributed by atoms with Crippen molar-refractivity contribution in [2.45, 2.75) is 19.8 Å². The van der Waals surface area contributed by atoms with Gasteiger partial charge in [-0.3, -0.25) is 14.6 Å². The highest BCUT2D eigenvalue weighted by molar-refractivity contribution is 6.01. The molecule has 0 aliphatic heterocycles. The minimum Gasteiger partial charge on any atom is -0.316 e. The lowest BCUT2D eigenvalue weighted by Gasteiger charge is -1.96. The number of aryl methyl sites for hydroxylation is 2. The van der Waals surface area contributed by atoms with E-state index in [1.165, 1.54) is 0 Å². The van der Waals surface area contributed by atoms with E-state index in [0.717, 1.165) is 18.7 Å². The zero-order valence-corrected chi connectivity index (χ0v) is 9.77. The number of hydrogen-bond acceptors (Lipinski definition) is 4. The van der Waals surface area contributed by atoms with Crippen LogP contribution in [0.15, 0.2) is 12.4 Å². The zero-order valence-electron chi connectivity index (χ0n) is 9.77. The highest BCUT2D eigenvalue weighted by Crippen LogP contribution is 2.05. The molecule has 2 aromatic rings. The molecule has 0 aliphatic carbocycles. The molecule has 2 aromatic heterocycles. The summed E-state index contributed by atoms with van der Waals surface area (Å²) in [6.45, 7) is 2.04. The normalized spacial score (nSPS) is 10.5. The molecule has 0 atom stereocenters. The summed E-state index contributed by atoms with van der Waals surface area (Å²) < 4.78 is 1.61. The molecule has 0 aromatic carbocycles. The van der Waals surface area contributed by atoms with Gasteiger partial charge in [0.05, 0.1) is 11.9 Å². The van der Waals surface area contributed by atoms with E-state index >= 15 is 0 Å². The largest absolute Gasteiger partial charge is 0.316 e. The fraction of sp³-hybridized carbons (Fsp3) is 0.400. The molecule has 0 bridgehead atoms. The van der Waals surface area contributed by atoms with Gasteiger partial charge < -0.3 is 5.32 Å². The lowest BCUT2D eigenvalue weighted by molar-refractivity contribution is 0.101. The first-order chi connectivity index (χ1) is 8.19. The summed E-state index contributed by atoms with van der Waals surface area (Å²) in [6.07, 6.45) is 5.01. The minimum absolute atomic E-state index is 0.150. The number of rotatable bonds is 4. The van der Waals surface area contributed by atoms with Crippen LogP contribution in [0.3, 0.4) is 0 Å². The number of carbonyl (C=O) groups excluding carboxylic acids is 1. The summed E-state index contributed by atoms with van der Waals surface area (Å²) in [4.78, 5) is 15.8. The summed E-state index contributed by atoms with van der Waals surface area (Å²) in [7, 11) is 1.78. The summed E-state index contributed by atoms with van der Waals surface area (Å²) in [5.41, 5.74) is 0.624. The first-order valence-electron chi connectivity index (χ1n) is 5.40. The molecule has 7 nitrogen and oxygen atoms in total. The van der Waals surface area contributed by atoms with E-state index in [4.69, 9.17) is 0 Å². The van der Waals surface area contributed by atoms with Crippen LogP contribution >= 0.6 is 0 Å². The summed E-state index contributed by atoms with van der Waals surface area (Å²) in [5, 5.41) is 13.2. The molecule has 0 saturated carbocycles. The molecule has 0 unspecified atom stereocenters. The van der Waals surface area contributed by atoms with Crippen molar-refractivity contribution in [3.63, 3.8) is 0 Å². The van der Waals surface area contributed by atoms with Crippen LogP contribution in [0.2, 0.25) is 0 Å². The van der Waals surface area contributed by atoms with Gasteiger partial charge in [-0.1, -0.05) is 6.92 Å². The van der Waals surface area contributed by atoms with Gasteiger partial charge in [-0.05, 0) is 6.42 Å². The Morgan fingerprint density at radius 2 is 2.41 bits per heavy atom. The molecule has 7 heteroatoms. The monoisotopic (exact) mass is 234 g/mol. The van der Waals surface area contributed by atoms with Gasteiger partial charge in [-0.15, -0.1) is 5.10 Å². The fourth-order valence-corrected chi connectivity index (χ4v) is 1.42. The number of nitrogens with zero attached hydrogens (tertiary/aromatic N) is 4. The van der Waals surface area contributed by atoms with Gasteiger partial charge >= 0.3 is 0 Å². The molecule has 0 saturated heterocycles. The first-order valence-corrected chi connectivity index (χ1v) is 5.40. The third kappa shape index (κ3) is 2.68. The fourth-order valence-electron chi connectivity index (χ4n) is 1.42. The van der Waals surface area contributed by atoms with E-state index in [9.17, 15) is 4.79 Å².